The highest BCUT2D eigenvalue weighted by atomic mass is 16.5. The molecule has 3 rings (SSSR count). The van der Waals surface area contributed by atoms with E-state index < -0.39 is 0 Å². The Kier molecular flexibility index (Phi) is 6.90. The third kappa shape index (κ3) is 4.82. The molecule has 2 aromatic heterocycles. The molecule has 1 fully saturated rings. The molecule has 1 saturated heterocycles. The molecule has 3 N–H and O–H groups in total. The van der Waals surface area contributed by atoms with Crippen molar-refractivity contribution in [3.05, 3.63) is 10.5 Å². The van der Waals surface area contributed by atoms with Crippen LogP contribution in [0.3, 0.4) is 0 Å². The van der Waals surface area contributed by atoms with Gasteiger partial charge in [0.15, 0.2) is 11.5 Å². The van der Waals surface area contributed by atoms with Crippen molar-refractivity contribution in [1.29, 1.82) is 0 Å². The summed E-state index contributed by atoms with van der Waals surface area (Å²) in [6.07, 6.45) is 2.83. The summed E-state index contributed by atoms with van der Waals surface area (Å²) in [5.41, 5.74) is 6.80. The summed E-state index contributed by atoms with van der Waals surface area (Å²) in [4.78, 5) is 28.7. The lowest BCUT2D eigenvalue weighted by Gasteiger charge is -2.36. The van der Waals surface area contributed by atoms with Crippen LogP contribution < -0.4 is 16.2 Å². The van der Waals surface area contributed by atoms with Crippen LogP contribution in [-0.4, -0.2) is 74.7 Å². The number of anilines is 1. The van der Waals surface area contributed by atoms with E-state index in [9.17, 15) is 4.79 Å². The molecule has 0 atom stereocenters. The molecule has 1 aliphatic rings. The van der Waals surface area contributed by atoms with E-state index in [1.165, 1.54) is 0 Å². The molecule has 0 saturated carbocycles. The molecule has 28 heavy (non-hydrogen) atoms. The van der Waals surface area contributed by atoms with Gasteiger partial charge in [-0.2, -0.15) is 9.97 Å². The highest BCUT2D eigenvalue weighted by molar-refractivity contribution is 5.81. The van der Waals surface area contributed by atoms with Crippen LogP contribution in [0.2, 0.25) is 0 Å². The van der Waals surface area contributed by atoms with Crippen molar-refractivity contribution in [1.82, 2.24) is 29.3 Å². The zero-order valence-corrected chi connectivity index (χ0v) is 17.3. The summed E-state index contributed by atoms with van der Waals surface area (Å²) in [6.45, 7) is 13.0. The van der Waals surface area contributed by atoms with Crippen molar-refractivity contribution in [2.75, 3.05) is 45.1 Å². The summed E-state index contributed by atoms with van der Waals surface area (Å²) < 4.78 is 7.23. The minimum Gasteiger partial charge on any atom is -0.463 e. The predicted molar refractivity (Wildman–Crippen MR) is 111 cm³/mol. The van der Waals surface area contributed by atoms with Gasteiger partial charge in [0.05, 0.1) is 6.61 Å². The van der Waals surface area contributed by atoms with Crippen LogP contribution in [0.15, 0.2) is 4.79 Å². The van der Waals surface area contributed by atoms with Gasteiger partial charge < -0.3 is 20.4 Å². The molecule has 156 valence electrons. The van der Waals surface area contributed by atoms with Gasteiger partial charge in [0, 0.05) is 38.8 Å². The fourth-order valence-electron chi connectivity index (χ4n) is 3.57. The number of aryl methyl sites for hydroxylation is 1. The van der Waals surface area contributed by atoms with Crippen molar-refractivity contribution < 1.29 is 4.74 Å². The second kappa shape index (κ2) is 9.38. The van der Waals surface area contributed by atoms with Gasteiger partial charge in [0.1, 0.15) is 5.52 Å². The smallest absolute Gasteiger partial charge is 0.327 e. The second-order valence-corrected chi connectivity index (χ2v) is 7.70. The van der Waals surface area contributed by atoms with Crippen molar-refractivity contribution in [2.45, 2.75) is 52.6 Å². The minimum absolute atomic E-state index is 0.202. The number of ether oxygens (including phenoxy) is 1. The third-order valence-electron chi connectivity index (χ3n) is 5.35. The zero-order valence-electron chi connectivity index (χ0n) is 17.3. The molecule has 0 bridgehead atoms. The maximum atomic E-state index is 12.4. The number of nitrogens with one attached hydrogen (secondary N) is 1. The number of aromatic amines is 1. The van der Waals surface area contributed by atoms with Crippen LogP contribution >= 0.6 is 0 Å². The Labute approximate surface area is 165 Å². The molecule has 0 radical (unpaired) electrons. The first-order chi connectivity index (χ1) is 13.5. The molecular formula is C19H33N7O2. The first-order valence-electron chi connectivity index (χ1n) is 10.3. The standard InChI is InChI=1S/C19H33N7O2/c1-4-5-13-28-18-22-16(20)15-17(23-18)26(19(27)21-15)8-6-7-24-9-11-25(12-10-24)14(2)3/h14H,4-13H2,1-3H3,(H,21,27)(H2,20,22,23). The normalized spacial score (nSPS) is 16.3. The van der Waals surface area contributed by atoms with Crippen LogP contribution in [-0.2, 0) is 6.54 Å². The number of H-pyrrole nitrogens is 1. The largest absolute Gasteiger partial charge is 0.463 e. The van der Waals surface area contributed by atoms with Crippen molar-refractivity contribution in [3.8, 4) is 6.01 Å². The summed E-state index contributed by atoms with van der Waals surface area (Å²) in [6, 6.07) is 0.835. The molecule has 0 aliphatic carbocycles. The fourth-order valence-corrected chi connectivity index (χ4v) is 3.57. The van der Waals surface area contributed by atoms with Crippen molar-refractivity contribution in [3.63, 3.8) is 0 Å². The van der Waals surface area contributed by atoms with Gasteiger partial charge in [0.2, 0.25) is 0 Å². The number of nitrogen functional groups attached to an aromatic ring is 1. The summed E-state index contributed by atoms with van der Waals surface area (Å²) in [5.74, 6) is 0.247. The topological polar surface area (TPSA) is 105 Å². The van der Waals surface area contributed by atoms with Gasteiger partial charge in [-0.05, 0) is 33.2 Å². The van der Waals surface area contributed by atoms with Gasteiger partial charge in [-0.1, -0.05) is 13.3 Å². The monoisotopic (exact) mass is 391 g/mol. The average Bonchev–Trinajstić information content (AvgIpc) is 2.99. The summed E-state index contributed by atoms with van der Waals surface area (Å²) in [7, 11) is 0. The molecule has 0 amide bonds. The van der Waals surface area contributed by atoms with Crippen LogP contribution in [0.4, 0.5) is 5.82 Å². The van der Waals surface area contributed by atoms with Crippen LogP contribution in [0.5, 0.6) is 6.01 Å². The minimum atomic E-state index is -0.202. The number of nitrogens with zero attached hydrogens (tertiary/aromatic N) is 5. The zero-order chi connectivity index (χ0) is 20.1. The molecule has 9 heteroatoms. The summed E-state index contributed by atoms with van der Waals surface area (Å²) in [5, 5.41) is 0. The molecule has 3 heterocycles. The van der Waals surface area contributed by atoms with E-state index in [-0.39, 0.29) is 17.5 Å². The maximum Gasteiger partial charge on any atom is 0.327 e. The number of rotatable bonds is 9. The van der Waals surface area contributed by atoms with E-state index in [0.717, 1.165) is 52.0 Å². The Bertz CT molecular complexity index is 822. The van der Waals surface area contributed by atoms with E-state index >= 15 is 0 Å². The van der Waals surface area contributed by atoms with Crippen LogP contribution in [0.1, 0.15) is 40.0 Å². The Morgan fingerprint density at radius 2 is 1.89 bits per heavy atom. The van der Waals surface area contributed by atoms with Crippen molar-refractivity contribution >= 4 is 17.0 Å². The SMILES string of the molecule is CCCCOc1nc(N)c2[nH]c(=O)n(CCCN3CCN(C(C)C)CC3)c2n1. The maximum absolute atomic E-state index is 12.4. The summed E-state index contributed by atoms with van der Waals surface area (Å²) >= 11 is 0. The third-order valence-corrected chi connectivity index (χ3v) is 5.35. The Balaban J connectivity index is 1.62. The van der Waals surface area contributed by atoms with E-state index in [2.05, 4.69) is 45.5 Å². The van der Waals surface area contributed by atoms with Crippen LogP contribution in [0.25, 0.3) is 11.2 Å². The molecular weight excluding hydrogens is 358 g/mol. The van der Waals surface area contributed by atoms with Gasteiger partial charge in [-0.3, -0.25) is 9.47 Å². The quantitative estimate of drug-likeness (QED) is 0.621. The van der Waals surface area contributed by atoms with Gasteiger partial charge >= 0.3 is 11.7 Å². The van der Waals surface area contributed by atoms with E-state index in [1.807, 2.05) is 0 Å². The number of hydrogen-bond acceptors (Lipinski definition) is 7. The Morgan fingerprint density at radius 3 is 2.57 bits per heavy atom. The fraction of sp³-hybridized carbons (Fsp3) is 0.737. The van der Waals surface area contributed by atoms with Gasteiger partial charge in [-0.25, -0.2) is 4.79 Å². The first kappa shape index (κ1) is 20.6. The van der Waals surface area contributed by atoms with Crippen LogP contribution in [0, 0.1) is 0 Å². The molecule has 2 aromatic rings. The number of aromatic nitrogens is 4. The lowest BCUT2D eigenvalue weighted by atomic mass is 10.2. The van der Waals surface area contributed by atoms with E-state index in [0.29, 0.717) is 30.4 Å². The average molecular weight is 392 g/mol. The Hall–Kier alpha value is -2.13. The lowest BCUT2D eigenvalue weighted by Crippen LogP contribution is -2.49. The number of imidazole rings is 1. The van der Waals surface area contributed by atoms with Gasteiger partial charge in [-0.15, -0.1) is 0 Å². The highest BCUT2D eigenvalue weighted by Crippen LogP contribution is 2.18. The number of hydrogen-bond donors (Lipinski definition) is 2. The number of piperazine rings is 1. The molecule has 0 aromatic carbocycles. The predicted octanol–water partition coefficient (Wildman–Crippen LogP) is 1.30. The number of nitrogens with two attached hydrogens (primary N) is 1. The lowest BCUT2D eigenvalue weighted by molar-refractivity contribution is 0.107. The molecule has 0 unspecified atom stereocenters. The highest BCUT2D eigenvalue weighted by Gasteiger charge is 2.19. The molecule has 9 nitrogen and oxygen atoms in total. The second-order valence-electron chi connectivity index (χ2n) is 7.70. The Morgan fingerprint density at radius 1 is 1.14 bits per heavy atom. The molecule has 1 aliphatic heterocycles. The number of fused-ring (bicyclic) bond motifs is 1. The first-order valence-corrected chi connectivity index (χ1v) is 10.3. The van der Waals surface area contributed by atoms with E-state index in [4.69, 9.17) is 10.5 Å². The van der Waals surface area contributed by atoms with Gasteiger partial charge in [0.25, 0.3) is 0 Å². The van der Waals surface area contributed by atoms with E-state index in [1.54, 1.807) is 4.57 Å². The molecule has 0 spiro atoms. The number of unbranched alkanes of at least 4 members (excludes halogenated alkanes) is 1. The van der Waals surface area contributed by atoms with Crippen molar-refractivity contribution in [2.24, 2.45) is 0 Å².